The average Bonchev–Trinajstić information content (AvgIpc) is 3.26. The number of nitrogens with zero attached hydrogens (tertiary/aromatic N) is 3. The van der Waals surface area contributed by atoms with Crippen LogP contribution in [0, 0.1) is 0 Å². The molecular formula is C19H14ClN3O2S3. The van der Waals surface area contributed by atoms with Crippen LogP contribution in [0.1, 0.15) is 12.0 Å². The van der Waals surface area contributed by atoms with Gasteiger partial charge in [-0.05, 0) is 29.8 Å². The van der Waals surface area contributed by atoms with Gasteiger partial charge in [0.2, 0.25) is 11.8 Å². The van der Waals surface area contributed by atoms with Crippen molar-refractivity contribution in [2.24, 2.45) is 0 Å². The van der Waals surface area contributed by atoms with E-state index < -0.39 is 5.25 Å². The van der Waals surface area contributed by atoms with Crippen molar-refractivity contribution in [3.05, 3.63) is 65.2 Å². The topological polar surface area (TPSA) is 63.2 Å². The fraction of sp³-hybridized carbons (Fsp3) is 0.158. The summed E-state index contributed by atoms with van der Waals surface area (Å²) in [5.41, 5.74) is 1.76. The molecule has 0 radical (unpaired) electrons. The Morgan fingerprint density at radius 3 is 2.50 bits per heavy atom. The summed E-state index contributed by atoms with van der Waals surface area (Å²) in [6, 6.07) is 16.7. The summed E-state index contributed by atoms with van der Waals surface area (Å²) in [4.78, 5) is 26.3. The van der Waals surface area contributed by atoms with Crippen molar-refractivity contribution < 1.29 is 9.59 Å². The van der Waals surface area contributed by atoms with Crippen LogP contribution < -0.4 is 4.90 Å². The second kappa shape index (κ2) is 8.65. The summed E-state index contributed by atoms with van der Waals surface area (Å²) in [6.45, 7) is 0. The van der Waals surface area contributed by atoms with E-state index in [-0.39, 0.29) is 18.2 Å². The number of thioether (sulfide) groups is 2. The van der Waals surface area contributed by atoms with E-state index in [1.54, 1.807) is 23.9 Å². The van der Waals surface area contributed by atoms with Crippen LogP contribution in [0.2, 0.25) is 5.02 Å². The van der Waals surface area contributed by atoms with Crippen LogP contribution in [0.5, 0.6) is 0 Å². The Bertz CT molecular complexity index is 995. The number of aromatic nitrogens is 2. The lowest BCUT2D eigenvalue weighted by molar-refractivity contribution is -0.121. The van der Waals surface area contributed by atoms with Gasteiger partial charge in [-0.2, -0.15) is 0 Å². The number of carbonyl (C=O) groups is 2. The molecule has 0 saturated carbocycles. The molecule has 2 amide bonds. The molecule has 28 heavy (non-hydrogen) atoms. The smallest absolute Gasteiger partial charge is 0.247 e. The third-order valence-electron chi connectivity index (χ3n) is 4.03. The Morgan fingerprint density at radius 1 is 1.04 bits per heavy atom. The van der Waals surface area contributed by atoms with Crippen LogP contribution in [0.15, 0.2) is 63.3 Å². The fourth-order valence-corrected chi connectivity index (χ4v) is 6.06. The molecule has 0 N–H and O–H groups in total. The molecule has 0 aliphatic carbocycles. The lowest BCUT2D eigenvalue weighted by atomic mass is 10.2. The number of hydrogen-bond donors (Lipinski definition) is 0. The summed E-state index contributed by atoms with van der Waals surface area (Å²) < 4.78 is 1.52. The molecule has 3 aromatic rings. The number of carbonyl (C=O) groups excluding carboxylic acids is 2. The zero-order valence-electron chi connectivity index (χ0n) is 14.4. The van der Waals surface area contributed by atoms with Crippen molar-refractivity contribution in [2.75, 3.05) is 4.90 Å². The first-order valence-corrected chi connectivity index (χ1v) is 11.5. The molecule has 0 unspecified atom stereocenters. The number of hydrogen-bond acceptors (Lipinski definition) is 7. The highest BCUT2D eigenvalue weighted by molar-refractivity contribution is 8.03. The van der Waals surface area contributed by atoms with Gasteiger partial charge in [-0.15, -0.1) is 10.2 Å². The van der Waals surface area contributed by atoms with Crippen LogP contribution in [-0.2, 0) is 15.3 Å². The van der Waals surface area contributed by atoms with Gasteiger partial charge in [0.25, 0.3) is 0 Å². The van der Waals surface area contributed by atoms with Gasteiger partial charge in [-0.25, -0.2) is 4.90 Å². The lowest BCUT2D eigenvalue weighted by Crippen LogP contribution is -2.30. The van der Waals surface area contributed by atoms with E-state index in [1.165, 1.54) is 28.0 Å². The number of amides is 2. The standard InChI is InChI=1S/C19H14ClN3O2S3/c20-13-8-6-12(7-9-13)11-26-18-21-22-19(28-18)27-15-10-16(24)23(17(15)25)14-4-2-1-3-5-14/h1-9,15H,10-11H2/t15-/m1/s1. The molecule has 5 nitrogen and oxygen atoms in total. The first-order chi connectivity index (χ1) is 13.6. The van der Waals surface area contributed by atoms with Crippen LogP contribution in [-0.4, -0.2) is 27.3 Å². The quantitative estimate of drug-likeness (QED) is 0.395. The highest BCUT2D eigenvalue weighted by Gasteiger charge is 2.40. The molecule has 1 atom stereocenters. The van der Waals surface area contributed by atoms with E-state index in [9.17, 15) is 9.59 Å². The van der Waals surface area contributed by atoms with Gasteiger partial charge in [0, 0.05) is 17.2 Å². The first-order valence-electron chi connectivity index (χ1n) is 8.39. The molecule has 9 heteroatoms. The van der Waals surface area contributed by atoms with Crippen molar-refractivity contribution in [1.82, 2.24) is 10.2 Å². The molecular weight excluding hydrogens is 434 g/mol. The van der Waals surface area contributed by atoms with E-state index in [2.05, 4.69) is 10.2 Å². The van der Waals surface area contributed by atoms with Gasteiger partial charge < -0.3 is 0 Å². The summed E-state index contributed by atoms with van der Waals surface area (Å²) in [6.07, 6.45) is 0.172. The number of halogens is 1. The molecule has 1 aromatic heterocycles. The van der Waals surface area contributed by atoms with E-state index >= 15 is 0 Å². The normalized spacial score (nSPS) is 16.8. The van der Waals surface area contributed by atoms with Crippen LogP contribution in [0.3, 0.4) is 0 Å². The number of anilines is 1. The predicted octanol–water partition coefficient (Wildman–Crippen LogP) is 4.91. The second-order valence-corrected chi connectivity index (χ2v) is 10.0. The number of imide groups is 1. The maximum Gasteiger partial charge on any atom is 0.247 e. The van der Waals surface area contributed by atoms with Crippen molar-refractivity contribution in [1.29, 1.82) is 0 Å². The number of benzene rings is 2. The van der Waals surface area contributed by atoms with Crippen LogP contribution in [0.25, 0.3) is 0 Å². The minimum Gasteiger partial charge on any atom is -0.274 e. The molecule has 1 aliphatic rings. The lowest BCUT2D eigenvalue weighted by Gasteiger charge is -2.14. The van der Waals surface area contributed by atoms with Gasteiger partial charge >= 0.3 is 0 Å². The van der Waals surface area contributed by atoms with Gasteiger partial charge in [0.1, 0.15) is 5.25 Å². The fourth-order valence-electron chi connectivity index (χ4n) is 2.69. The predicted molar refractivity (Wildman–Crippen MR) is 114 cm³/mol. The third-order valence-corrected chi connectivity index (χ3v) is 7.68. The molecule has 0 spiro atoms. The van der Waals surface area contributed by atoms with Crippen molar-refractivity contribution in [3.63, 3.8) is 0 Å². The van der Waals surface area contributed by atoms with Crippen molar-refractivity contribution in [2.45, 2.75) is 26.1 Å². The Kier molecular flexibility index (Phi) is 6.01. The summed E-state index contributed by atoms with van der Waals surface area (Å²) >= 11 is 10.2. The summed E-state index contributed by atoms with van der Waals surface area (Å²) in [7, 11) is 0. The Labute approximate surface area is 179 Å². The third kappa shape index (κ3) is 4.41. The largest absolute Gasteiger partial charge is 0.274 e. The average molecular weight is 448 g/mol. The van der Waals surface area contributed by atoms with E-state index in [1.807, 2.05) is 42.5 Å². The first kappa shape index (κ1) is 19.4. The number of rotatable bonds is 6. The van der Waals surface area contributed by atoms with Crippen LogP contribution >= 0.6 is 46.5 Å². The Hall–Kier alpha value is -1.87. The maximum atomic E-state index is 12.7. The monoisotopic (exact) mass is 447 g/mol. The Balaban J connectivity index is 1.38. The minimum atomic E-state index is -0.463. The maximum absolute atomic E-state index is 12.7. The molecule has 1 aliphatic heterocycles. The summed E-state index contributed by atoms with van der Waals surface area (Å²) in [5.74, 6) is 0.376. The highest BCUT2D eigenvalue weighted by atomic mass is 35.5. The van der Waals surface area contributed by atoms with Gasteiger partial charge in [0.15, 0.2) is 8.68 Å². The summed E-state index contributed by atoms with van der Waals surface area (Å²) in [5, 5.41) is 8.61. The SMILES string of the molecule is O=C1C[C@@H](Sc2nnc(SCc3ccc(Cl)cc3)s2)C(=O)N1c1ccccc1. The molecule has 0 bridgehead atoms. The van der Waals surface area contributed by atoms with Gasteiger partial charge in [-0.1, -0.05) is 76.8 Å². The molecule has 1 saturated heterocycles. The molecule has 2 aromatic carbocycles. The van der Waals surface area contributed by atoms with Crippen molar-refractivity contribution >= 4 is 64.0 Å². The van der Waals surface area contributed by atoms with Gasteiger partial charge in [0.05, 0.1) is 5.69 Å². The Morgan fingerprint density at radius 2 is 1.75 bits per heavy atom. The van der Waals surface area contributed by atoms with Gasteiger partial charge in [-0.3, -0.25) is 9.59 Å². The van der Waals surface area contributed by atoms with E-state index in [0.717, 1.165) is 15.7 Å². The van der Waals surface area contributed by atoms with Crippen LogP contribution in [0.4, 0.5) is 5.69 Å². The molecule has 1 fully saturated rings. The minimum absolute atomic E-state index is 0.172. The highest BCUT2D eigenvalue weighted by Crippen LogP contribution is 2.37. The second-order valence-electron chi connectivity index (χ2n) is 5.96. The van der Waals surface area contributed by atoms with E-state index in [4.69, 9.17) is 11.6 Å². The molecule has 4 rings (SSSR count). The molecule has 2 heterocycles. The zero-order valence-corrected chi connectivity index (χ0v) is 17.7. The van der Waals surface area contributed by atoms with E-state index in [0.29, 0.717) is 15.0 Å². The zero-order chi connectivity index (χ0) is 19.5. The number of para-hydroxylation sites is 1. The molecule has 142 valence electrons. The van der Waals surface area contributed by atoms with Crippen molar-refractivity contribution in [3.8, 4) is 0 Å².